The van der Waals surface area contributed by atoms with Gasteiger partial charge in [0.25, 0.3) is 11.8 Å². The second-order valence-electron chi connectivity index (χ2n) is 5.70. The molecule has 2 amide bonds. The zero-order valence-electron chi connectivity index (χ0n) is 14.4. The largest absolute Gasteiger partial charge is 0.291 e. The zero-order chi connectivity index (χ0) is 20.4. The van der Waals surface area contributed by atoms with Gasteiger partial charge in [-0.15, -0.1) is 11.3 Å². The minimum Gasteiger partial charge on any atom is -0.266 e. The van der Waals surface area contributed by atoms with Crippen molar-refractivity contribution in [3.63, 3.8) is 0 Å². The fraction of sp³-hybridized carbons (Fsp3) is 0. The molecule has 3 N–H and O–H groups in total. The molecule has 0 aliphatic heterocycles. The smallest absolute Gasteiger partial charge is 0.266 e. The summed E-state index contributed by atoms with van der Waals surface area (Å²) in [6.07, 6.45) is 1.23. The SMILES string of the molecule is O=C(NNC(=O)c1cc(-c2cccs2)n(-c2cc(Cl)cc(Cl)c2)n1)c1cn[nH]n1. The van der Waals surface area contributed by atoms with Crippen LogP contribution in [0.5, 0.6) is 0 Å². The molecule has 0 fully saturated rings. The van der Waals surface area contributed by atoms with Gasteiger partial charge in [-0.1, -0.05) is 29.3 Å². The van der Waals surface area contributed by atoms with Gasteiger partial charge < -0.3 is 0 Å². The molecule has 1 aromatic carbocycles. The van der Waals surface area contributed by atoms with E-state index in [-0.39, 0.29) is 11.4 Å². The zero-order valence-corrected chi connectivity index (χ0v) is 16.7. The maximum absolute atomic E-state index is 12.5. The van der Waals surface area contributed by atoms with Crippen molar-refractivity contribution in [1.82, 2.24) is 36.0 Å². The quantitative estimate of drug-likeness (QED) is 0.415. The topological polar surface area (TPSA) is 118 Å². The predicted molar refractivity (Wildman–Crippen MR) is 108 cm³/mol. The summed E-state index contributed by atoms with van der Waals surface area (Å²) in [6, 6.07) is 10.4. The molecule has 3 aromatic heterocycles. The van der Waals surface area contributed by atoms with Gasteiger partial charge in [-0.05, 0) is 35.7 Å². The molecule has 0 unspecified atom stereocenters. The highest BCUT2D eigenvalue weighted by Gasteiger charge is 2.19. The number of amides is 2. The van der Waals surface area contributed by atoms with Crippen LogP contribution in [-0.4, -0.2) is 37.0 Å². The van der Waals surface area contributed by atoms with Gasteiger partial charge in [0.2, 0.25) is 0 Å². The molecule has 0 aliphatic rings. The number of thiophene rings is 1. The molecule has 0 radical (unpaired) electrons. The van der Waals surface area contributed by atoms with Crippen molar-refractivity contribution in [2.24, 2.45) is 0 Å². The lowest BCUT2D eigenvalue weighted by molar-refractivity contribution is 0.0841. The van der Waals surface area contributed by atoms with E-state index < -0.39 is 11.8 Å². The van der Waals surface area contributed by atoms with Gasteiger partial charge in [0.05, 0.1) is 22.5 Å². The Labute approximate surface area is 177 Å². The fourth-order valence-electron chi connectivity index (χ4n) is 2.50. The Hall–Kier alpha value is -3.21. The lowest BCUT2D eigenvalue weighted by Gasteiger charge is -2.07. The molecule has 0 spiro atoms. The third kappa shape index (κ3) is 4.14. The number of aromatic nitrogens is 5. The molecular weight excluding hydrogens is 437 g/mol. The van der Waals surface area contributed by atoms with Crippen molar-refractivity contribution in [2.45, 2.75) is 0 Å². The standard InChI is InChI=1S/C17H11Cl2N7O2S/c18-9-4-10(19)6-11(5-9)26-14(15-2-1-3-29-15)7-12(24-26)16(27)22-23-17(28)13-8-20-25-21-13/h1-8H,(H,22,27)(H,23,28)(H,20,21,25). The van der Waals surface area contributed by atoms with E-state index in [0.29, 0.717) is 21.4 Å². The Balaban J connectivity index is 1.64. The summed E-state index contributed by atoms with van der Waals surface area (Å²) >= 11 is 13.7. The molecular formula is C17H11Cl2N7O2S. The summed E-state index contributed by atoms with van der Waals surface area (Å²) in [4.78, 5) is 25.3. The molecule has 4 aromatic rings. The van der Waals surface area contributed by atoms with Crippen LogP contribution in [0.3, 0.4) is 0 Å². The van der Waals surface area contributed by atoms with Crippen molar-refractivity contribution in [2.75, 3.05) is 0 Å². The van der Waals surface area contributed by atoms with Crippen LogP contribution in [0.2, 0.25) is 10.0 Å². The number of hydrazine groups is 1. The highest BCUT2D eigenvalue weighted by atomic mass is 35.5. The first-order valence-electron chi connectivity index (χ1n) is 8.08. The number of H-pyrrole nitrogens is 1. The van der Waals surface area contributed by atoms with Crippen molar-refractivity contribution >= 4 is 46.4 Å². The number of hydrogen-bond acceptors (Lipinski definition) is 6. The van der Waals surface area contributed by atoms with Gasteiger partial charge in [0.15, 0.2) is 11.4 Å². The van der Waals surface area contributed by atoms with E-state index in [0.717, 1.165) is 4.88 Å². The fourth-order valence-corrected chi connectivity index (χ4v) is 3.74. The first-order valence-corrected chi connectivity index (χ1v) is 9.71. The van der Waals surface area contributed by atoms with Gasteiger partial charge in [-0.2, -0.15) is 20.5 Å². The van der Waals surface area contributed by atoms with Crippen LogP contribution in [0, 0.1) is 0 Å². The average molecular weight is 448 g/mol. The van der Waals surface area contributed by atoms with Crippen LogP contribution in [0.25, 0.3) is 16.3 Å². The number of aromatic amines is 1. The third-order valence-corrected chi connectivity index (χ3v) is 5.07. The first-order chi connectivity index (χ1) is 14.0. The molecule has 0 saturated carbocycles. The Kier molecular flexibility index (Phi) is 5.30. The lowest BCUT2D eigenvalue weighted by Crippen LogP contribution is -2.42. The molecule has 146 valence electrons. The highest BCUT2D eigenvalue weighted by molar-refractivity contribution is 7.13. The van der Waals surface area contributed by atoms with E-state index >= 15 is 0 Å². The third-order valence-electron chi connectivity index (χ3n) is 3.74. The lowest BCUT2D eigenvalue weighted by atomic mass is 10.2. The van der Waals surface area contributed by atoms with Gasteiger partial charge in [0.1, 0.15) is 0 Å². The Morgan fingerprint density at radius 1 is 1.03 bits per heavy atom. The maximum Gasteiger partial charge on any atom is 0.291 e. The molecule has 12 heteroatoms. The Bertz CT molecular complexity index is 1150. The number of rotatable bonds is 4. The van der Waals surface area contributed by atoms with Crippen molar-refractivity contribution in [3.8, 4) is 16.3 Å². The molecule has 0 bridgehead atoms. The van der Waals surface area contributed by atoms with Crippen molar-refractivity contribution in [3.05, 3.63) is 69.4 Å². The summed E-state index contributed by atoms with van der Waals surface area (Å²) in [7, 11) is 0. The molecule has 3 heterocycles. The normalized spacial score (nSPS) is 10.7. The summed E-state index contributed by atoms with van der Waals surface area (Å²) in [5, 5.41) is 16.6. The van der Waals surface area contributed by atoms with Crippen molar-refractivity contribution < 1.29 is 9.59 Å². The van der Waals surface area contributed by atoms with Crippen LogP contribution in [-0.2, 0) is 0 Å². The minimum absolute atomic E-state index is 0.0312. The number of carbonyl (C=O) groups is 2. The number of hydrogen-bond donors (Lipinski definition) is 3. The van der Waals surface area contributed by atoms with E-state index in [2.05, 4.69) is 31.4 Å². The van der Waals surface area contributed by atoms with E-state index in [1.807, 2.05) is 17.5 Å². The summed E-state index contributed by atoms with van der Waals surface area (Å²) in [5.74, 6) is -1.22. The molecule has 0 aliphatic carbocycles. The number of halogens is 2. The van der Waals surface area contributed by atoms with Gasteiger partial charge in [-0.3, -0.25) is 20.4 Å². The minimum atomic E-state index is -0.619. The average Bonchev–Trinajstić information content (AvgIpc) is 3.45. The van der Waals surface area contributed by atoms with Crippen LogP contribution in [0.15, 0.2) is 48.0 Å². The molecule has 29 heavy (non-hydrogen) atoms. The molecule has 4 rings (SSSR count). The molecule has 0 saturated heterocycles. The Morgan fingerprint density at radius 3 is 2.38 bits per heavy atom. The number of benzene rings is 1. The molecule has 9 nitrogen and oxygen atoms in total. The summed E-state index contributed by atoms with van der Waals surface area (Å²) < 4.78 is 1.57. The van der Waals surface area contributed by atoms with Gasteiger partial charge >= 0.3 is 0 Å². The number of carbonyl (C=O) groups excluding carboxylic acids is 2. The van der Waals surface area contributed by atoms with Crippen molar-refractivity contribution in [1.29, 1.82) is 0 Å². The predicted octanol–water partition coefficient (Wildman–Crippen LogP) is 3.10. The number of nitrogens with zero attached hydrogens (tertiary/aromatic N) is 4. The van der Waals surface area contributed by atoms with Crippen LogP contribution in [0.4, 0.5) is 0 Å². The summed E-state index contributed by atoms with van der Waals surface area (Å²) in [5.41, 5.74) is 5.94. The monoisotopic (exact) mass is 447 g/mol. The van der Waals surface area contributed by atoms with E-state index in [4.69, 9.17) is 23.2 Å². The Morgan fingerprint density at radius 2 is 1.76 bits per heavy atom. The van der Waals surface area contributed by atoms with Gasteiger partial charge in [-0.25, -0.2) is 4.68 Å². The maximum atomic E-state index is 12.5. The molecule has 0 atom stereocenters. The van der Waals surface area contributed by atoms with E-state index in [1.54, 1.807) is 28.9 Å². The van der Waals surface area contributed by atoms with E-state index in [1.165, 1.54) is 17.5 Å². The highest BCUT2D eigenvalue weighted by Crippen LogP contribution is 2.30. The second kappa shape index (κ2) is 8.03. The van der Waals surface area contributed by atoms with Crippen LogP contribution in [0.1, 0.15) is 21.0 Å². The van der Waals surface area contributed by atoms with E-state index in [9.17, 15) is 9.59 Å². The van der Waals surface area contributed by atoms with Crippen LogP contribution >= 0.6 is 34.5 Å². The summed E-state index contributed by atoms with van der Waals surface area (Å²) in [6.45, 7) is 0. The van der Waals surface area contributed by atoms with Gasteiger partial charge in [0, 0.05) is 10.0 Å². The number of nitrogens with one attached hydrogen (secondary N) is 3. The second-order valence-corrected chi connectivity index (χ2v) is 7.52. The first kappa shape index (κ1) is 19.1. The van der Waals surface area contributed by atoms with Crippen LogP contribution < -0.4 is 10.9 Å².